The molecule has 0 atom stereocenters. The van der Waals surface area contributed by atoms with Crippen molar-refractivity contribution in [1.29, 1.82) is 0 Å². The molecule has 4 nitrogen and oxygen atoms in total. The number of carbonyl (C=O) groups excluding carboxylic acids is 1. The Kier molecular flexibility index (Phi) is 4.28. The van der Waals surface area contributed by atoms with Crippen molar-refractivity contribution in [1.82, 2.24) is 9.88 Å². The van der Waals surface area contributed by atoms with E-state index in [0.717, 1.165) is 27.5 Å². The molecule has 1 amide bonds. The minimum atomic E-state index is -0.856. The van der Waals surface area contributed by atoms with Crippen LogP contribution in [-0.4, -0.2) is 42.0 Å². The van der Waals surface area contributed by atoms with E-state index in [1.165, 1.54) is 34.4 Å². The third kappa shape index (κ3) is 3.01. The SMILES string of the molecule is O=C(c1c(F)cccc1F)N1CCN(c2nc3ccc(F)cc3s2)CC1. The summed E-state index contributed by atoms with van der Waals surface area (Å²) in [5, 5.41) is 0.745. The molecule has 1 aromatic heterocycles. The van der Waals surface area contributed by atoms with Crippen molar-refractivity contribution in [3.8, 4) is 0 Å². The Balaban J connectivity index is 1.49. The molecule has 8 heteroatoms. The molecule has 0 aliphatic carbocycles. The maximum atomic E-state index is 13.8. The summed E-state index contributed by atoms with van der Waals surface area (Å²) in [7, 11) is 0. The molecular weight excluding hydrogens is 363 g/mol. The number of piperazine rings is 1. The molecule has 0 bridgehead atoms. The third-order valence-corrected chi connectivity index (χ3v) is 5.43. The van der Waals surface area contributed by atoms with Crippen LogP contribution in [0.1, 0.15) is 10.4 Å². The topological polar surface area (TPSA) is 36.4 Å². The first-order valence-corrected chi connectivity index (χ1v) is 8.89. The highest BCUT2D eigenvalue weighted by atomic mass is 32.1. The number of amides is 1. The van der Waals surface area contributed by atoms with Gasteiger partial charge in [0.15, 0.2) is 5.13 Å². The predicted molar refractivity (Wildman–Crippen MR) is 94.1 cm³/mol. The van der Waals surface area contributed by atoms with Crippen LogP contribution in [0.4, 0.5) is 18.3 Å². The van der Waals surface area contributed by atoms with Gasteiger partial charge in [-0.25, -0.2) is 18.2 Å². The van der Waals surface area contributed by atoms with Crippen LogP contribution >= 0.6 is 11.3 Å². The second kappa shape index (κ2) is 6.60. The molecular formula is C18H14F3N3OS. The zero-order chi connectivity index (χ0) is 18.3. The normalized spacial score (nSPS) is 14.9. The largest absolute Gasteiger partial charge is 0.345 e. The van der Waals surface area contributed by atoms with E-state index in [1.807, 2.05) is 4.90 Å². The Bertz CT molecular complexity index is 963. The lowest BCUT2D eigenvalue weighted by Gasteiger charge is -2.34. The van der Waals surface area contributed by atoms with Gasteiger partial charge < -0.3 is 9.80 Å². The molecule has 2 aromatic carbocycles. The minimum Gasteiger partial charge on any atom is -0.345 e. The fourth-order valence-corrected chi connectivity index (χ4v) is 4.02. The van der Waals surface area contributed by atoms with Gasteiger partial charge in [-0.15, -0.1) is 0 Å². The lowest BCUT2D eigenvalue weighted by molar-refractivity contribution is 0.0737. The monoisotopic (exact) mass is 377 g/mol. The molecule has 2 heterocycles. The number of hydrogen-bond acceptors (Lipinski definition) is 4. The second-order valence-electron chi connectivity index (χ2n) is 5.98. The van der Waals surface area contributed by atoms with Crippen LogP contribution in [0.15, 0.2) is 36.4 Å². The fraction of sp³-hybridized carbons (Fsp3) is 0.222. The van der Waals surface area contributed by atoms with Gasteiger partial charge in [0, 0.05) is 26.2 Å². The number of thiazole rings is 1. The van der Waals surface area contributed by atoms with Crippen molar-refractivity contribution in [3.05, 3.63) is 59.4 Å². The molecule has 0 unspecified atom stereocenters. The second-order valence-corrected chi connectivity index (χ2v) is 6.99. The molecule has 4 rings (SSSR count). The van der Waals surface area contributed by atoms with E-state index < -0.39 is 23.1 Å². The van der Waals surface area contributed by atoms with Gasteiger partial charge in [-0.3, -0.25) is 4.79 Å². The van der Waals surface area contributed by atoms with E-state index in [4.69, 9.17) is 0 Å². The van der Waals surface area contributed by atoms with E-state index in [9.17, 15) is 18.0 Å². The van der Waals surface area contributed by atoms with Crippen LogP contribution in [-0.2, 0) is 0 Å². The molecule has 1 aliphatic heterocycles. The molecule has 0 saturated carbocycles. The molecule has 0 spiro atoms. The van der Waals surface area contributed by atoms with Gasteiger partial charge in [0.2, 0.25) is 0 Å². The van der Waals surface area contributed by atoms with Crippen LogP contribution < -0.4 is 4.90 Å². The van der Waals surface area contributed by atoms with Gasteiger partial charge >= 0.3 is 0 Å². The highest BCUT2D eigenvalue weighted by Crippen LogP contribution is 2.30. The average molecular weight is 377 g/mol. The molecule has 134 valence electrons. The Hall–Kier alpha value is -2.61. The van der Waals surface area contributed by atoms with E-state index in [-0.39, 0.29) is 5.82 Å². The number of rotatable bonds is 2. The summed E-state index contributed by atoms with van der Waals surface area (Å²) in [5.74, 6) is -2.67. The highest BCUT2D eigenvalue weighted by Gasteiger charge is 2.27. The molecule has 26 heavy (non-hydrogen) atoms. The molecule has 0 radical (unpaired) electrons. The maximum absolute atomic E-state index is 13.8. The molecule has 0 N–H and O–H groups in total. The van der Waals surface area contributed by atoms with Crippen molar-refractivity contribution in [2.24, 2.45) is 0 Å². The van der Waals surface area contributed by atoms with Gasteiger partial charge in [-0.05, 0) is 30.3 Å². The zero-order valence-electron chi connectivity index (χ0n) is 13.6. The van der Waals surface area contributed by atoms with Gasteiger partial charge in [-0.1, -0.05) is 17.4 Å². The summed E-state index contributed by atoms with van der Waals surface area (Å²) in [6.07, 6.45) is 0. The van der Waals surface area contributed by atoms with E-state index in [1.54, 1.807) is 6.07 Å². The number of nitrogens with zero attached hydrogens (tertiary/aromatic N) is 3. The standard InChI is InChI=1S/C18H14F3N3OS/c19-11-4-5-14-15(10-11)26-18(22-14)24-8-6-23(7-9-24)17(25)16-12(20)2-1-3-13(16)21/h1-5,10H,6-9H2. The summed E-state index contributed by atoms with van der Waals surface area (Å²) >= 11 is 1.38. The number of hydrogen-bond donors (Lipinski definition) is 0. The average Bonchev–Trinajstić information content (AvgIpc) is 3.04. The third-order valence-electron chi connectivity index (χ3n) is 4.35. The number of fused-ring (bicyclic) bond motifs is 1. The van der Waals surface area contributed by atoms with Crippen molar-refractivity contribution >= 4 is 32.6 Å². The van der Waals surface area contributed by atoms with Gasteiger partial charge in [0.05, 0.1) is 10.2 Å². The quantitative estimate of drug-likeness (QED) is 0.684. The van der Waals surface area contributed by atoms with Crippen LogP contribution in [0.5, 0.6) is 0 Å². The smallest absolute Gasteiger partial charge is 0.259 e. The van der Waals surface area contributed by atoms with Crippen LogP contribution in [0.3, 0.4) is 0 Å². The first-order chi connectivity index (χ1) is 12.5. The summed E-state index contributed by atoms with van der Waals surface area (Å²) in [4.78, 5) is 20.3. The number of carbonyl (C=O) groups is 1. The van der Waals surface area contributed by atoms with Gasteiger partial charge in [0.1, 0.15) is 23.0 Å². The van der Waals surface area contributed by atoms with Crippen LogP contribution in [0, 0.1) is 17.5 Å². The van der Waals surface area contributed by atoms with E-state index >= 15 is 0 Å². The number of benzene rings is 2. The summed E-state index contributed by atoms with van der Waals surface area (Å²) in [6.45, 7) is 1.64. The van der Waals surface area contributed by atoms with E-state index in [0.29, 0.717) is 26.2 Å². The number of anilines is 1. The van der Waals surface area contributed by atoms with Gasteiger partial charge in [-0.2, -0.15) is 0 Å². The Morgan fingerprint density at radius 3 is 2.38 bits per heavy atom. The number of aromatic nitrogens is 1. The maximum Gasteiger partial charge on any atom is 0.259 e. The Morgan fingerprint density at radius 1 is 1.00 bits per heavy atom. The van der Waals surface area contributed by atoms with Crippen molar-refractivity contribution in [2.75, 3.05) is 31.1 Å². The molecule has 1 fully saturated rings. The zero-order valence-corrected chi connectivity index (χ0v) is 14.4. The number of halogens is 3. The Labute approximate surface area is 151 Å². The first kappa shape index (κ1) is 16.8. The highest BCUT2D eigenvalue weighted by molar-refractivity contribution is 7.22. The lowest BCUT2D eigenvalue weighted by atomic mass is 10.1. The van der Waals surface area contributed by atoms with E-state index in [2.05, 4.69) is 4.98 Å². The minimum absolute atomic E-state index is 0.310. The fourth-order valence-electron chi connectivity index (χ4n) is 2.98. The summed E-state index contributed by atoms with van der Waals surface area (Å²) in [5.41, 5.74) is 0.203. The van der Waals surface area contributed by atoms with Crippen molar-refractivity contribution in [3.63, 3.8) is 0 Å². The summed E-state index contributed by atoms with van der Waals surface area (Å²) in [6, 6.07) is 7.82. The van der Waals surface area contributed by atoms with Crippen LogP contribution in [0.2, 0.25) is 0 Å². The summed E-state index contributed by atoms with van der Waals surface area (Å²) < 4.78 is 41.7. The van der Waals surface area contributed by atoms with Gasteiger partial charge in [0.25, 0.3) is 5.91 Å². The van der Waals surface area contributed by atoms with Crippen molar-refractivity contribution in [2.45, 2.75) is 0 Å². The Morgan fingerprint density at radius 2 is 1.69 bits per heavy atom. The molecule has 1 aliphatic rings. The van der Waals surface area contributed by atoms with Crippen molar-refractivity contribution < 1.29 is 18.0 Å². The van der Waals surface area contributed by atoms with Crippen LogP contribution in [0.25, 0.3) is 10.2 Å². The first-order valence-electron chi connectivity index (χ1n) is 8.07. The lowest BCUT2D eigenvalue weighted by Crippen LogP contribution is -2.49. The molecule has 3 aromatic rings. The molecule has 1 saturated heterocycles. The predicted octanol–water partition coefficient (Wildman–Crippen LogP) is 3.68.